The molecule has 120 valence electrons. The number of amides is 1. The van der Waals surface area contributed by atoms with Crippen molar-refractivity contribution in [3.63, 3.8) is 0 Å². The van der Waals surface area contributed by atoms with Gasteiger partial charge in [-0.2, -0.15) is 4.99 Å². The highest BCUT2D eigenvalue weighted by Gasteiger charge is 2.11. The molecule has 0 radical (unpaired) electrons. The molecule has 1 amide bonds. The van der Waals surface area contributed by atoms with Crippen LogP contribution in [-0.4, -0.2) is 23.7 Å². The van der Waals surface area contributed by atoms with E-state index in [-0.39, 0.29) is 11.7 Å². The molecule has 1 aromatic carbocycles. The first-order valence-corrected chi connectivity index (χ1v) is 8.42. The molecule has 1 heterocycles. The zero-order valence-electron chi connectivity index (χ0n) is 13.0. The second-order valence-corrected chi connectivity index (χ2v) is 5.94. The van der Waals surface area contributed by atoms with Crippen molar-refractivity contribution in [3.05, 3.63) is 28.8 Å². The van der Waals surface area contributed by atoms with Crippen LogP contribution in [0.15, 0.2) is 23.2 Å². The maximum Gasteiger partial charge on any atom is 0.248 e. The molecule has 22 heavy (non-hydrogen) atoms. The van der Waals surface area contributed by atoms with Crippen LogP contribution in [0.5, 0.6) is 0 Å². The van der Waals surface area contributed by atoms with Crippen molar-refractivity contribution in [1.29, 1.82) is 0 Å². The third kappa shape index (κ3) is 4.01. The first-order valence-electron chi connectivity index (χ1n) is 7.60. The number of benzene rings is 1. The Labute approximate surface area is 133 Å². The Morgan fingerprint density at radius 1 is 1.41 bits per heavy atom. The van der Waals surface area contributed by atoms with E-state index in [0.717, 1.165) is 17.5 Å². The number of fused-ring (bicyclic) bond motifs is 1. The van der Waals surface area contributed by atoms with Crippen LogP contribution < -0.4 is 4.80 Å². The van der Waals surface area contributed by atoms with Gasteiger partial charge >= 0.3 is 0 Å². The van der Waals surface area contributed by atoms with Crippen molar-refractivity contribution in [2.75, 3.05) is 13.2 Å². The maximum absolute atomic E-state index is 14.1. The fraction of sp³-hybridized carbons (Fsp3) is 0.500. The van der Waals surface area contributed by atoms with Gasteiger partial charge < -0.3 is 9.30 Å². The van der Waals surface area contributed by atoms with E-state index in [1.54, 1.807) is 10.6 Å². The molecule has 2 aromatic rings. The summed E-state index contributed by atoms with van der Waals surface area (Å²) in [5, 5.41) is 0. The summed E-state index contributed by atoms with van der Waals surface area (Å²) in [7, 11) is 0. The SMILES string of the molecule is CCCCC(=O)N=c1sc2cccc(F)c2n1CCOCC. The van der Waals surface area contributed by atoms with Gasteiger partial charge in [0.1, 0.15) is 5.82 Å². The topological polar surface area (TPSA) is 43.6 Å². The Bertz CT molecular complexity index is 706. The molecule has 0 saturated heterocycles. The predicted octanol–water partition coefficient (Wildman–Crippen LogP) is 3.50. The van der Waals surface area contributed by atoms with Crippen LogP contribution in [0.2, 0.25) is 0 Å². The van der Waals surface area contributed by atoms with Gasteiger partial charge in [0, 0.05) is 19.6 Å². The van der Waals surface area contributed by atoms with E-state index >= 15 is 0 Å². The third-order valence-corrected chi connectivity index (χ3v) is 4.32. The third-order valence-electron chi connectivity index (χ3n) is 3.28. The molecule has 0 aliphatic carbocycles. The number of para-hydroxylation sites is 1. The van der Waals surface area contributed by atoms with Gasteiger partial charge in [-0.3, -0.25) is 4.79 Å². The van der Waals surface area contributed by atoms with Gasteiger partial charge in [-0.15, -0.1) is 0 Å². The van der Waals surface area contributed by atoms with E-state index < -0.39 is 0 Å². The Balaban J connectivity index is 2.43. The van der Waals surface area contributed by atoms with E-state index in [1.807, 2.05) is 19.9 Å². The molecule has 6 heteroatoms. The normalized spacial score (nSPS) is 12.2. The van der Waals surface area contributed by atoms with Crippen molar-refractivity contribution in [1.82, 2.24) is 4.57 Å². The van der Waals surface area contributed by atoms with Gasteiger partial charge in [-0.05, 0) is 25.5 Å². The van der Waals surface area contributed by atoms with E-state index in [2.05, 4.69) is 4.99 Å². The maximum atomic E-state index is 14.1. The quantitative estimate of drug-likeness (QED) is 0.732. The van der Waals surface area contributed by atoms with Gasteiger partial charge in [0.05, 0.1) is 16.8 Å². The molecule has 0 saturated carbocycles. The molecule has 0 atom stereocenters. The monoisotopic (exact) mass is 324 g/mol. The summed E-state index contributed by atoms with van der Waals surface area (Å²) in [5.74, 6) is -0.452. The van der Waals surface area contributed by atoms with Crippen LogP contribution in [0.4, 0.5) is 4.39 Å². The molecular formula is C16H21FN2O2S. The molecular weight excluding hydrogens is 303 g/mol. The number of hydrogen-bond donors (Lipinski definition) is 0. The zero-order chi connectivity index (χ0) is 15.9. The number of ether oxygens (including phenoxy) is 1. The standard InChI is InChI=1S/C16H21FN2O2S/c1-3-5-9-14(20)18-16-19(10-11-21-4-2)15-12(17)7-6-8-13(15)22-16/h6-8H,3-5,9-11H2,1-2H3. The highest BCUT2D eigenvalue weighted by Crippen LogP contribution is 2.20. The second kappa shape index (κ2) is 8.19. The minimum atomic E-state index is -0.298. The number of rotatable bonds is 7. The molecule has 0 unspecified atom stereocenters. The van der Waals surface area contributed by atoms with Gasteiger partial charge in [-0.25, -0.2) is 4.39 Å². The Morgan fingerprint density at radius 2 is 2.23 bits per heavy atom. The lowest BCUT2D eigenvalue weighted by atomic mass is 10.2. The van der Waals surface area contributed by atoms with Crippen LogP contribution in [0.25, 0.3) is 10.2 Å². The number of aromatic nitrogens is 1. The number of thiazole rings is 1. The van der Waals surface area contributed by atoms with E-state index in [9.17, 15) is 9.18 Å². The number of carbonyl (C=O) groups is 1. The summed E-state index contributed by atoms with van der Waals surface area (Å²) >= 11 is 1.34. The van der Waals surface area contributed by atoms with Gasteiger partial charge in [0.25, 0.3) is 0 Å². The lowest BCUT2D eigenvalue weighted by Crippen LogP contribution is -2.20. The predicted molar refractivity (Wildman–Crippen MR) is 86.4 cm³/mol. The van der Waals surface area contributed by atoms with Gasteiger partial charge in [-0.1, -0.05) is 30.7 Å². The molecule has 4 nitrogen and oxygen atoms in total. The summed E-state index contributed by atoms with van der Waals surface area (Å²) in [6.45, 7) is 5.50. The molecule has 1 aromatic heterocycles. The van der Waals surface area contributed by atoms with Crippen LogP contribution in [0.3, 0.4) is 0 Å². The number of hydrogen-bond acceptors (Lipinski definition) is 3. The van der Waals surface area contributed by atoms with Crippen molar-refractivity contribution in [3.8, 4) is 0 Å². The van der Waals surface area contributed by atoms with Gasteiger partial charge in [0.2, 0.25) is 5.91 Å². The summed E-state index contributed by atoms with van der Waals surface area (Å²) in [6.07, 6.45) is 2.20. The number of halogens is 1. The fourth-order valence-corrected chi connectivity index (χ4v) is 3.26. The minimum absolute atomic E-state index is 0.154. The van der Waals surface area contributed by atoms with Crippen LogP contribution in [-0.2, 0) is 16.1 Å². The summed E-state index contributed by atoms with van der Waals surface area (Å²) in [4.78, 5) is 16.6. The molecule has 2 rings (SSSR count). The largest absolute Gasteiger partial charge is 0.380 e. The molecule has 0 fully saturated rings. The second-order valence-electron chi connectivity index (χ2n) is 4.93. The van der Waals surface area contributed by atoms with E-state index in [0.29, 0.717) is 36.5 Å². The van der Waals surface area contributed by atoms with Crippen molar-refractivity contribution < 1.29 is 13.9 Å². The van der Waals surface area contributed by atoms with Crippen LogP contribution in [0, 0.1) is 5.82 Å². The lowest BCUT2D eigenvalue weighted by molar-refractivity contribution is -0.118. The number of nitrogens with zero attached hydrogens (tertiary/aromatic N) is 2. The highest BCUT2D eigenvalue weighted by atomic mass is 32.1. The summed E-state index contributed by atoms with van der Waals surface area (Å²) in [5.41, 5.74) is 0.495. The lowest BCUT2D eigenvalue weighted by Gasteiger charge is -2.06. The van der Waals surface area contributed by atoms with Crippen LogP contribution in [0.1, 0.15) is 33.1 Å². The Hall–Kier alpha value is -1.53. The zero-order valence-corrected chi connectivity index (χ0v) is 13.8. The molecule has 0 N–H and O–H groups in total. The Kier molecular flexibility index (Phi) is 6.27. The number of carbonyl (C=O) groups excluding carboxylic acids is 1. The first kappa shape index (κ1) is 16.8. The highest BCUT2D eigenvalue weighted by molar-refractivity contribution is 7.16. The fourth-order valence-electron chi connectivity index (χ4n) is 2.17. The molecule has 0 bridgehead atoms. The average Bonchev–Trinajstić information content (AvgIpc) is 2.84. The average molecular weight is 324 g/mol. The summed E-state index contributed by atoms with van der Waals surface area (Å²) < 4.78 is 22.0. The van der Waals surface area contributed by atoms with Crippen molar-refractivity contribution >= 4 is 27.5 Å². The van der Waals surface area contributed by atoms with E-state index in [4.69, 9.17) is 4.74 Å². The first-order chi connectivity index (χ1) is 10.7. The number of unbranched alkanes of at least 4 members (excludes halogenated alkanes) is 1. The van der Waals surface area contributed by atoms with Crippen LogP contribution >= 0.6 is 11.3 Å². The summed E-state index contributed by atoms with van der Waals surface area (Å²) in [6, 6.07) is 4.94. The smallest absolute Gasteiger partial charge is 0.248 e. The van der Waals surface area contributed by atoms with Crippen molar-refractivity contribution in [2.24, 2.45) is 4.99 Å². The van der Waals surface area contributed by atoms with E-state index in [1.165, 1.54) is 17.4 Å². The minimum Gasteiger partial charge on any atom is -0.380 e. The molecule has 0 aliphatic rings. The molecule has 0 aliphatic heterocycles. The molecule has 0 spiro atoms. The van der Waals surface area contributed by atoms with Crippen molar-refractivity contribution in [2.45, 2.75) is 39.7 Å². The Morgan fingerprint density at radius 3 is 2.95 bits per heavy atom. The van der Waals surface area contributed by atoms with Gasteiger partial charge in [0.15, 0.2) is 4.80 Å².